The molecule has 0 aliphatic carbocycles. The smallest absolute Gasteiger partial charge is 0.326 e. The van der Waals surface area contributed by atoms with E-state index < -0.39 is 48.5 Å². The van der Waals surface area contributed by atoms with Crippen LogP contribution < -0.4 is 21.3 Å². The summed E-state index contributed by atoms with van der Waals surface area (Å²) in [6.07, 6.45) is -0.00872. The molecule has 0 aliphatic heterocycles. The lowest BCUT2D eigenvalue weighted by molar-refractivity contribution is -0.140. The molecule has 0 aromatic heterocycles. The standard InChI is InChI=1S/C19H25ClN4O8/c20-11-4-6-12(7-5-11)22-18(31)21-10-2-1-3-13(16(27)28)23-19(32)24-14(17(29)30)8-9-15(25)26/h4-7,13-14H,1-3,8-10H2,(H,25,26)(H,27,28)(H,29,30)(H2,21,22,31)(H2,23,24,32). The number of carbonyl (C=O) groups excluding carboxylic acids is 2. The lowest BCUT2D eigenvalue weighted by Gasteiger charge is -2.18. The van der Waals surface area contributed by atoms with Crippen molar-refractivity contribution in [2.45, 2.75) is 44.2 Å². The quantitative estimate of drug-likeness (QED) is 0.210. The highest BCUT2D eigenvalue weighted by Gasteiger charge is 2.24. The fraction of sp³-hybridized carbons (Fsp3) is 0.421. The van der Waals surface area contributed by atoms with E-state index in [2.05, 4.69) is 21.3 Å². The number of carboxylic acid groups (broad SMARTS) is 3. The summed E-state index contributed by atoms with van der Waals surface area (Å²) >= 11 is 5.76. The van der Waals surface area contributed by atoms with Crippen LogP contribution in [0.1, 0.15) is 32.1 Å². The average molecular weight is 473 g/mol. The van der Waals surface area contributed by atoms with Crippen molar-refractivity contribution in [3.63, 3.8) is 0 Å². The number of rotatable bonds is 13. The summed E-state index contributed by atoms with van der Waals surface area (Å²) in [6.45, 7) is 0.258. The zero-order chi connectivity index (χ0) is 24.1. The fourth-order valence-electron chi connectivity index (χ4n) is 2.52. The third-order valence-electron chi connectivity index (χ3n) is 4.16. The minimum atomic E-state index is -1.47. The first-order chi connectivity index (χ1) is 15.1. The number of urea groups is 2. The first-order valence-electron chi connectivity index (χ1n) is 9.63. The Morgan fingerprint density at radius 1 is 0.812 bits per heavy atom. The summed E-state index contributed by atoms with van der Waals surface area (Å²) in [7, 11) is 0. The van der Waals surface area contributed by atoms with Gasteiger partial charge in [0.15, 0.2) is 0 Å². The number of carbonyl (C=O) groups is 5. The van der Waals surface area contributed by atoms with E-state index in [0.717, 1.165) is 0 Å². The normalized spacial score (nSPS) is 12.2. The Bertz CT molecular complexity index is 818. The van der Waals surface area contributed by atoms with E-state index in [1.165, 1.54) is 0 Å². The number of anilines is 1. The van der Waals surface area contributed by atoms with Gasteiger partial charge in [-0.1, -0.05) is 11.6 Å². The number of halogens is 1. The molecule has 176 valence electrons. The summed E-state index contributed by atoms with van der Waals surface area (Å²) in [4.78, 5) is 56.7. The monoisotopic (exact) mass is 472 g/mol. The van der Waals surface area contributed by atoms with Crippen LogP contribution in [0, 0.1) is 0 Å². The maximum Gasteiger partial charge on any atom is 0.326 e. The van der Waals surface area contributed by atoms with Gasteiger partial charge in [0.2, 0.25) is 0 Å². The minimum absolute atomic E-state index is 0.0378. The van der Waals surface area contributed by atoms with Crippen molar-refractivity contribution in [1.29, 1.82) is 0 Å². The van der Waals surface area contributed by atoms with Gasteiger partial charge in [0.05, 0.1) is 0 Å². The third-order valence-corrected chi connectivity index (χ3v) is 4.41. The van der Waals surface area contributed by atoms with Crippen LogP contribution in [-0.2, 0) is 14.4 Å². The number of nitrogens with one attached hydrogen (secondary N) is 4. The largest absolute Gasteiger partial charge is 0.481 e. The van der Waals surface area contributed by atoms with Gasteiger partial charge in [0, 0.05) is 23.7 Å². The molecule has 13 heteroatoms. The van der Waals surface area contributed by atoms with E-state index in [1.807, 2.05) is 0 Å². The predicted molar refractivity (Wildman–Crippen MR) is 114 cm³/mol. The van der Waals surface area contributed by atoms with Crippen LogP contribution in [0.5, 0.6) is 0 Å². The SMILES string of the molecule is O=C(O)CCC(NC(=O)NC(CCCCNC(=O)Nc1ccc(Cl)cc1)C(=O)O)C(=O)O. The van der Waals surface area contributed by atoms with Crippen LogP contribution in [0.25, 0.3) is 0 Å². The third kappa shape index (κ3) is 11.0. The van der Waals surface area contributed by atoms with E-state index in [1.54, 1.807) is 24.3 Å². The summed E-state index contributed by atoms with van der Waals surface area (Å²) in [5.74, 6) is -3.97. The lowest BCUT2D eigenvalue weighted by atomic mass is 10.1. The number of carboxylic acids is 3. The minimum Gasteiger partial charge on any atom is -0.481 e. The van der Waals surface area contributed by atoms with Crippen LogP contribution in [-0.4, -0.2) is 63.9 Å². The van der Waals surface area contributed by atoms with Crippen molar-refractivity contribution in [3.8, 4) is 0 Å². The summed E-state index contributed by atoms with van der Waals surface area (Å²) < 4.78 is 0. The molecule has 1 aromatic carbocycles. The molecule has 1 aromatic rings. The van der Waals surface area contributed by atoms with Crippen LogP contribution in [0.3, 0.4) is 0 Å². The molecule has 0 saturated heterocycles. The van der Waals surface area contributed by atoms with Gasteiger partial charge in [0.1, 0.15) is 12.1 Å². The van der Waals surface area contributed by atoms with Gasteiger partial charge < -0.3 is 36.6 Å². The Hall–Kier alpha value is -3.54. The Balaban J connectivity index is 2.36. The molecule has 2 unspecified atom stereocenters. The Labute approximate surface area is 188 Å². The van der Waals surface area contributed by atoms with Crippen LogP contribution >= 0.6 is 11.6 Å². The zero-order valence-corrected chi connectivity index (χ0v) is 17.7. The van der Waals surface area contributed by atoms with E-state index in [4.69, 9.17) is 21.8 Å². The number of benzene rings is 1. The molecule has 4 amide bonds. The van der Waals surface area contributed by atoms with Crippen LogP contribution in [0.4, 0.5) is 15.3 Å². The molecule has 1 rings (SSSR count). The second-order valence-electron chi connectivity index (χ2n) is 6.72. The highest BCUT2D eigenvalue weighted by Crippen LogP contribution is 2.13. The molecule has 0 heterocycles. The summed E-state index contributed by atoms with van der Waals surface area (Å²) in [5, 5.41) is 36.8. The Kier molecular flexibility index (Phi) is 11.3. The number of hydrogen-bond acceptors (Lipinski definition) is 5. The van der Waals surface area contributed by atoms with Gasteiger partial charge in [-0.3, -0.25) is 4.79 Å². The lowest BCUT2D eigenvalue weighted by Crippen LogP contribution is -2.51. The van der Waals surface area contributed by atoms with Gasteiger partial charge >= 0.3 is 30.0 Å². The van der Waals surface area contributed by atoms with Crippen molar-refractivity contribution >= 4 is 47.3 Å². The summed E-state index contributed by atoms with van der Waals surface area (Å²) in [6, 6.07) is 2.28. The molecule has 32 heavy (non-hydrogen) atoms. The van der Waals surface area contributed by atoms with Crippen molar-refractivity contribution in [2.24, 2.45) is 0 Å². The van der Waals surface area contributed by atoms with Crippen molar-refractivity contribution in [2.75, 3.05) is 11.9 Å². The maximum atomic E-state index is 11.9. The molecule has 7 N–H and O–H groups in total. The molecule has 2 atom stereocenters. The zero-order valence-electron chi connectivity index (χ0n) is 17.0. The van der Waals surface area contributed by atoms with Gasteiger partial charge in [-0.25, -0.2) is 19.2 Å². The molecule has 0 aliphatic rings. The summed E-state index contributed by atoms with van der Waals surface area (Å²) in [5.41, 5.74) is 0.552. The molecule has 0 spiro atoms. The highest BCUT2D eigenvalue weighted by molar-refractivity contribution is 6.30. The highest BCUT2D eigenvalue weighted by atomic mass is 35.5. The molecule has 0 radical (unpaired) electrons. The van der Waals surface area contributed by atoms with Gasteiger partial charge in [-0.15, -0.1) is 0 Å². The van der Waals surface area contributed by atoms with Crippen LogP contribution in [0.15, 0.2) is 24.3 Å². The van der Waals surface area contributed by atoms with E-state index in [0.29, 0.717) is 23.6 Å². The number of amides is 4. The molecular weight excluding hydrogens is 448 g/mol. The fourth-order valence-corrected chi connectivity index (χ4v) is 2.65. The maximum absolute atomic E-state index is 11.9. The van der Waals surface area contributed by atoms with E-state index in [-0.39, 0.29) is 19.4 Å². The second kappa shape index (κ2) is 13.7. The molecule has 0 saturated carbocycles. The van der Waals surface area contributed by atoms with Crippen LogP contribution in [0.2, 0.25) is 5.02 Å². The topological polar surface area (TPSA) is 194 Å². The van der Waals surface area contributed by atoms with E-state index in [9.17, 15) is 29.1 Å². The molecule has 12 nitrogen and oxygen atoms in total. The van der Waals surface area contributed by atoms with Crippen molar-refractivity contribution < 1.29 is 39.3 Å². The molecule has 0 bridgehead atoms. The Morgan fingerprint density at radius 2 is 1.38 bits per heavy atom. The van der Waals surface area contributed by atoms with Gasteiger partial charge in [-0.05, 0) is 49.9 Å². The average Bonchev–Trinajstić information content (AvgIpc) is 2.71. The molecular formula is C19H25ClN4O8. The number of unbranched alkanes of at least 4 members (excludes halogenated alkanes) is 1. The van der Waals surface area contributed by atoms with Crippen molar-refractivity contribution in [1.82, 2.24) is 16.0 Å². The first-order valence-corrected chi connectivity index (χ1v) is 10.0. The number of aliphatic carboxylic acids is 3. The van der Waals surface area contributed by atoms with E-state index >= 15 is 0 Å². The first kappa shape index (κ1) is 26.5. The second-order valence-corrected chi connectivity index (χ2v) is 7.15. The van der Waals surface area contributed by atoms with Crippen molar-refractivity contribution in [3.05, 3.63) is 29.3 Å². The predicted octanol–water partition coefficient (Wildman–Crippen LogP) is 1.70. The van der Waals surface area contributed by atoms with Gasteiger partial charge in [0.25, 0.3) is 0 Å². The Morgan fingerprint density at radius 3 is 1.91 bits per heavy atom. The number of hydrogen-bond donors (Lipinski definition) is 7. The van der Waals surface area contributed by atoms with Gasteiger partial charge in [-0.2, -0.15) is 0 Å². The molecule has 0 fully saturated rings.